The van der Waals surface area contributed by atoms with Gasteiger partial charge in [0.05, 0.1) is 5.69 Å². The Morgan fingerprint density at radius 3 is 2.37 bits per heavy atom. The first-order valence-electron chi connectivity index (χ1n) is 10.7. The number of nitrogens with zero attached hydrogens (tertiary/aromatic N) is 3. The Labute approximate surface area is 179 Å². The lowest BCUT2D eigenvalue weighted by atomic mass is 9.86. The molecule has 30 heavy (non-hydrogen) atoms. The largest absolute Gasteiger partial charge is 0.273 e. The summed E-state index contributed by atoms with van der Waals surface area (Å²) in [6.45, 7) is 4.53. The minimum Gasteiger partial charge on any atom is -0.273 e. The van der Waals surface area contributed by atoms with Gasteiger partial charge in [-0.25, -0.2) is 10.0 Å². The van der Waals surface area contributed by atoms with E-state index in [9.17, 15) is 4.79 Å². The van der Waals surface area contributed by atoms with Crippen LogP contribution in [-0.4, -0.2) is 28.5 Å². The molecule has 1 aromatic heterocycles. The normalized spacial score (nSPS) is 19.4. The average Bonchev–Trinajstić information content (AvgIpc) is 2.76. The molecule has 0 bridgehead atoms. The molecule has 1 aliphatic heterocycles. The molecular formula is C26H29N3O. The predicted octanol–water partition coefficient (Wildman–Crippen LogP) is 5.15. The highest BCUT2D eigenvalue weighted by Crippen LogP contribution is 2.34. The van der Waals surface area contributed by atoms with E-state index in [-0.39, 0.29) is 11.9 Å². The van der Waals surface area contributed by atoms with Gasteiger partial charge in [0.1, 0.15) is 0 Å². The van der Waals surface area contributed by atoms with Crippen molar-refractivity contribution in [3.05, 3.63) is 95.8 Å². The van der Waals surface area contributed by atoms with E-state index in [1.54, 1.807) is 6.92 Å². The monoisotopic (exact) mass is 399 g/mol. The van der Waals surface area contributed by atoms with Gasteiger partial charge in [0.2, 0.25) is 5.91 Å². The second-order valence-corrected chi connectivity index (χ2v) is 8.10. The van der Waals surface area contributed by atoms with Gasteiger partial charge in [-0.05, 0) is 56.0 Å². The maximum absolute atomic E-state index is 12.7. The molecule has 2 unspecified atom stereocenters. The number of hydrogen-bond donors (Lipinski definition) is 0. The van der Waals surface area contributed by atoms with Crippen molar-refractivity contribution in [2.24, 2.45) is 0 Å². The Balaban J connectivity index is 1.65. The lowest BCUT2D eigenvalue weighted by Gasteiger charge is -2.45. The number of piperidine rings is 1. The SMILES string of the molecule is CC(=O)N(c1ccccc1)N1CCC(c2cccc(C)n2)CC1Cc1ccccc1. The molecule has 0 spiro atoms. The van der Waals surface area contributed by atoms with Crippen molar-refractivity contribution in [3.8, 4) is 0 Å². The Kier molecular flexibility index (Phi) is 6.24. The second kappa shape index (κ2) is 9.23. The molecule has 1 aliphatic rings. The first-order chi connectivity index (χ1) is 14.6. The summed E-state index contributed by atoms with van der Waals surface area (Å²) in [5.41, 5.74) is 4.45. The van der Waals surface area contributed by atoms with Gasteiger partial charge in [-0.1, -0.05) is 54.6 Å². The summed E-state index contributed by atoms with van der Waals surface area (Å²) in [6, 6.07) is 27.1. The van der Waals surface area contributed by atoms with Crippen LogP contribution in [0, 0.1) is 6.92 Å². The maximum atomic E-state index is 12.7. The molecule has 2 heterocycles. The van der Waals surface area contributed by atoms with E-state index >= 15 is 0 Å². The maximum Gasteiger partial charge on any atom is 0.238 e. The van der Waals surface area contributed by atoms with Crippen LogP contribution in [0.1, 0.15) is 42.6 Å². The molecular weight excluding hydrogens is 370 g/mol. The van der Waals surface area contributed by atoms with Crippen molar-refractivity contribution < 1.29 is 4.79 Å². The first-order valence-corrected chi connectivity index (χ1v) is 10.7. The van der Waals surface area contributed by atoms with Crippen LogP contribution in [-0.2, 0) is 11.2 Å². The lowest BCUT2D eigenvalue weighted by Crippen LogP contribution is -2.55. The fourth-order valence-electron chi connectivity index (χ4n) is 4.52. The standard InChI is InChI=1S/C26H29N3O/c1-20-10-9-15-26(27-20)23-16-17-28(25(19-23)18-22-11-5-3-6-12-22)29(21(2)30)24-13-7-4-8-14-24/h3-15,23,25H,16-19H2,1-2H3. The van der Waals surface area contributed by atoms with Gasteiger partial charge in [0.15, 0.2) is 0 Å². The van der Waals surface area contributed by atoms with E-state index in [2.05, 4.69) is 41.4 Å². The summed E-state index contributed by atoms with van der Waals surface area (Å²) in [4.78, 5) is 17.5. The van der Waals surface area contributed by atoms with Crippen LogP contribution in [0.3, 0.4) is 0 Å². The van der Waals surface area contributed by atoms with Crippen molar-refractivity contribution >= 4 is 11.6 Å². The average molecular weight is 400 g/mol. The molecule has 154 valence electrons. The van der Waals surface area contributed by atoms with E-state index in [4.69, 9.17) is 4.98 Å². The Bertz CT molecular complexity index is 974. The quantitative estimate of drug-likeness (QED) is 0.595. The number of rotatable bonds is 5. The smallest absolute Gasteiger partial charge is 0.238 e. The molecule has 2 atom stereocenters. The number of pyridine rings is 1. The number of para-hydroxylation sites is 1. The third-order valence-corrected chi connectivity index (χ3v) is 5.88. The lowest BCUT2D eigenvalue weighted by molar-refractivity contribution is -0.120. The van der Waals surface area contributed by atoms with Gasteiger partial charge < -0.3 is 0 Å². The molecule has 2 aromatic carbocycles. The van der Waals surface area contributed by atoms with Crippen molar-refractivity contribution in [2.45, 2.75) is 45.1 Å². The molecule has 0 radical (unpaired) electrons. The number of anilines is 1. The summed E-state index contributed by atoms with van der Waals surface area (Å²) in [6.07, 6.45) is 2.86. The third-order valence-electron chi connectivity index (χ3n) is 5.88. The molecule has 1 fully saturated rings. The zero-order valence-corrected chi connectivity index (χ0v) is 17.7. The zero-order valence-electron chi connectivity index (χ0n) is 17.7. The number of aromatic nitrogens is 1. The van der Waals surface area contributed by atoms with E-state index in [0.29, 0.717) is 5.92 Å². The highest BCUT2D eigenvalue weighted by Gasteiger charge is 2.35. The van der Waals surface area contributed by atoms with Crippen LogP contribution in [0.5, 0.6) is 0 Å². The highest BCUT2D eigenvalue weighted by atomic mass is 16.2. The number of carbonyl (C=O) groups is 1. The molecule has 1 amide bonds. The van der Waals surface area contributed by atoms with Gasteiger partial charge in [0, 0.05) is 36.8 Å². The molecule has 4 heteroatoms. The minimum atomic E-state index is 0.0476. The van der Waals surface area contributed by atoms with E-state index in [1.165, 1.54) is 11.3 Å². The Morgan fingerprint density at radius 1 is 1.00 bits per heavy atom. The van der Waals surface area contributed by atoms with E-state index in [1.807, 2.05) is 54.4 Å². The van der Waals surface area contributed by atoms with Crippen LogP contribution in [0.2, 0.25) is 0 Å². The molecule has 0 saturated carbocycles. The summed E-state index contributed by atoms with van der Waals surface area (Å²) >= 11 is 0. The van der Waals surface area contributed by atoms with Crippen LogP contribution in [0.4, 0.5) is 5.69 Å². The number of carbonyl (C=O) groups excluding carboxylic acids is 1. The van der Waals surface area contributed by atoms with E-state index in [0.717, 1.165) is 37.2 Å². The fraction of sp³-hybridized carbons (Fsp3) is 0.308. The number of aryl methyl sites for hydroxylation is 1. The number of hydrogen-bond acceptors (Lipinski definition) is 3. The van der Waals surface area contributed by atoms with Crippen LogP contribution in [0.15, 0.2) is 78.9 Å². The topological polar surface area (TPSA) is 36.4 Å². The molecule has 0 N–H and O–H groups in total. The summed E-state index contributed by atoms with van der Waals surface area (Å²) in [5.74, 6) is 0.450. The van der Waals surface area contributed by atoms with Gasteiger partial charge in [-0.3, -0.25) is 9.78 Å². The Morgan fingerprint density at radius 2 is 1.70 bits per heavy atom. The van der Waals surface area contributed by atoms with Crippen LogP contribution in [0.25, 0.3) is 0 Å². The fourth-order valence-corrected chi connectivity index (χ4v) is 4.52. The molecule has 3 aromatic rings. The minimum absolute atomic E-state index is 0.0476. The van der Waals surface area contributed by atoms with Gasteiger partial charge >= 0.3 is 0 Å². The van der Waals surface area contributed by atoms with Gasteiger partial charge in [0.25, 0.3) is 0 Å². The number of amides is 1. The van der Waals surface area contributed by atoms with Gasteiger partial charge in [-0.2, -0.15) is 0 Å². The first kappa shape index (κ1) is 20.3. The van der Waals surface area contributed by atoms with E-state index < -0.39 is 0 Å². The number of hydrazine groups is 1. The second-order valence-electron chi connectivity index (χ2n) is 8.10. The van der Waals surface area contributed by atoms with Crippen molar-refractivity contribution in [1.29, 1.82) is 0 Å². The van der Waals surface area contributed by atoms with Gasteiger partial charge in [-0.15, -0.1) is 0 Å². The van der Waals surface area contributed by atoms with Crippen molar-refractivity contribution in [2.75, 3.05) is 11.6 Å². The summed E-state index contributed by atoms with van der Waals surface area (Å²) in [5, 5.41) is 4.14. The van der Waals surface area contributed by atoms with Crippen LogP contribution >= 0.6 is 0 Å². The molecule has 4 nitrogen and oxygen atoms in total. The summed E-state index contributed by atoms with van der Waals surface area (Å²) in [7, 11) is 0. The number of benzene rings is 2. The van der Waals surface area contributed by atoms with Crippen molar-refractivity contribution in [1.82, 2.24) is 9.99 Å². The molecule has 0 aliphatic carbocycles. The molecule has 4 rings (SSSR count). The van der Waals surface area contributed by atoms with Crippen LogP contribution < -0.4 is 5.01 Å². The van der Waals surface area contributed by atoms with Crippen molar-refractivity contribution in [3.63, 3.8) is 0 Å². The zero-order chi connectivity index (χ0) is 20.9. The molecule has 1 saturated heterocycles. The summed E-state index contributed by atoms with van der Waals surface area (Å²) < 4.78 is 0. The third kappa shape index (κ3) is 4.60. The highest BCUT2D eigenvalue weighted by molar-refractivity contribution is 5.90. The predicted molar refractivity (Wildman–Crippen MR) is 121 cm³/mol. The Hall–Kier alpha value is -2.98.